The molecule has 0 aromatic carbocycles. The third-order valence-corrected chi connectivity index (χ3v) is 3.56. The van der Waals surface area contributed by atoms with Gasteiger partial charge in [0.15, 0.2) is 0 Å². The van der Waals surface area contributed by atoms with Crippen molar-refractivity contribution < 1.29 is 4.79 Å². The Morgan fingerprint density at radius 3 is 2.81 bits per heavy atom. The number of rotatable bonds is 4. The average molecular weight is 222 g/mol. The first-order valence-electron chi connectivity index (χ1n) is 6.37. The van der Waals surface area contributed by atoms with Gasteiger partial charge in [0.25, 0.3) is 0 Å². The minimum atomic E-state index is 0.0456. The number of piperidine rings is 1. The fraction of sp³-hybridized carbons (Fsp3) is 0.769. The van der Waals surface area contributed by atoms with Gasteiger partial charge in [-0.05, 0) is 38.1 Å². The van der Waals surface area contributed by atoms with Crippen LogP contribution in [0.15, 0.2) is 12.7 Å². The average Bonchev–Trinajstić information content (AvgIpc) is 3.09. The molecule has 2 unspecified atom stereocenters. The lowest BCUT2D eigenvalue weighted by Crippen LogP contribution is -2.50. The van der Waals surface area contributed by atoms with Gasteiger partial charge in [0.2, 0.25) is 5.91 Å². The van der Waals surface area contributed by atoms with Crippen molar-refractivity contribution in [1.29, 1.82) is 0 Å². The lowest BCUT2D eigenvalue weighted by Gasteiger charge is -2.32. The van der Waals surface area contributed by atoms with Crippen LogP contribution in [-0.4, -0.2) is 36.0 Å². The van der Waals surface area contributed by atoms with E-state index in [-0.39, 0.29) is 11.9 Å². The van der Waals surface area contributed by atoms with E-state index in [1.165, 1.54) is 19.3 Å². The Balaban J connectivity index is 1.95. The maximum Gasteiger partial charge on any atom is 0.240 e. The van der Waals surface area contributed by atoms with E-state index >= 15 is 0 Å². The molecule has 1 aliphatic heterocycles. The van der Waals surface area contributed by atoms with Crippen LogP contribution in [0.3, 0.4) is 0 Å². The zero-order valence-corrected chi connectivity index (χ0v) is 10.1. The van der Waals surface area contributed by atoms with Crippen molar-refractivity contribution in [1.82, 2.24) is 10.2 Å². The normalized spacial score (nSPS) is 29.8. The second kappa shape index (κ2) is 5.00. The molecule has 2 atom stereocenters. The minimum absolute atomic E-state index is 0.0456. The number of amides is 1. The highest BCUT2D eigenvalue weighted by molar-refractivity contribution is 5.82. The molecule has 0 radical (unpaired) electrons. The molecule has 90 valence electrons. The second-order valence-electron chi connectivity index (χ2n) is 5.15. The molecule has 0 aromatic heterocycles. The molecule has 1 amide bonds. The second-order valence-corrected chi connectivity index (χ2v) is 5.15. The predicted molar refractivity (Wildman–Crippen MR) is 65.1 cm³/mol. The van der Waals surface area contributed by atoms with Crippen LogP contribution < -0.4 is 5.32 Å². The third-order valence-electron chi connectivity index (χ3n) is 3.56. The van der Waals surface area contributed by atoms with Crippen LogP contribution in [0.4, 0.5) is 0 Å². The van der Waals surface area contributed by atoms with Gasteiger partial charge in [0.05, 0.1) is 6.04 Å². The molecule has 16 heavy (non-hydrogen) atoms. The van der Waals surface area contributed by atoms with Crippen LogP contribution in [0.1, 0.15) is 32.6 Å². The van der Waals surface area contributed by atoms with Gasteiger partial charge in [-0.2, -0.15) is 0 Å². The SMILES string of the molecule is C=CCN(C(=O)C1CC(C)CCN1)C1CC1. The molecule has 3 nitrogen and oxygen atoms in total. The molecule has 2 rings (SSSR count). The van der Waals surface area contributed by atoms with Crippen LogP contribution in [0, 0.1) is 5.92 Å². The summed E-state index contributed by atoms with van der Waals surface area (Å²) in [5, 5.41) is 3.35. The molecule has 1 saturated heterocycles. The predicted octanol–water partition coefficient (Wildman–Crippen LogP) is 1.55. The van der Waals surface area contributed by atoms with Crippen molar-refractivity contribution in [2.45, 2.75) is 44.7 Å². The van der Waals surface area contributed by atoms with Crippen LogP contribution in [0.5, 0.6) is 0 Å². The van der Waals surface area contributed by atoms with Crippen LogP contribution in [0.25, 0.3) is 0 Å². The van der Waals surface area contributed by atoms with Gasteiger partial charge in [-0.3, -0.25) is 4.79 Å². The summed E-state index contributed by atoms with van der Waals surface area (Å²) in [6.07, 6.45) is 6.35. The first kappa shape index (κ1) is 11.6. The first-order valence-corrected chi connectivity index (χ1v) is 6.37. The van der Waals surface area contributed by atoms with Gasteiger partial charge in [0, 0.05) is 12.6 Å². The van der Waals surface area contributed by atoms with E-state index < -0.39 is 0 Å². The number of carbonyl (C=O) groups is 1. The smallest absolute Gasteiger partial charge is 0.240 e. The van der Waals surface area contributed by atoms with Crippen molar-refractivity contribution in [3.63, 3.8) is 0 Å². The van der Waals surface area contributed by atoms with Crippen molar-refractivity contribution >= 4 is 5.91 Å². The summed E-state index contributed by atoms with van der Waals surface area (Å²) < 4.78 is 0. The van der Waals surface area contributed by atoms with E-state index in [9.17, 15) is 4.79 Å². The summed E-state index contributed by atoms with van der Waals surface area (Å²) in [4.78, 5) is 14.3. The van der Waals surface area contributed by atoms with Gasteiger partial charge >= 0.3 is 0 Å². The molecule has 1 aliphatic carbocycles. The highest BCUT2D eigenvalue weighted by Crippen LogP contribution is 2.28. The summed E-state index contributed by atoms with van der Waals surface area (Å²) in [5.41, 5.74) is 0. The van der Waals surface area contributed by atoms with Crippen molar-refractivity contribution in [3.05, 3.63) is 12.7 Å². The van der Waals surface area contributed by atoms with Crippen LogP contribution >= 0.6 is 0 Å². The zero-order chi connectivity index (χ0) is 11.5. The first-order chi connectivity index (χ1) is 7.72. The molecule has 1 heterocycles. The van der Waals surface area contributed by atoms with Gasteiger partial charge < -0.3 is 10.2 Å². The number of carbonyl (C=O) groups excluding carboxylic acids is 1. The molecule has 3 heteroatoms. The van der Waals surface area contributed by atoms with E-state index in [0.29, 0.717) is 18.5 Å². The molecule has 2 fully saturated rings. The zero-order valence-electron chi connectivity index (χ0n) is 10.1. The van der Waals surface area contributed by atoms with Gasteiger partial charge in [0.1, 0.15) is 0 Å². The highest BCUT2D eigenvalue weighted by Gasteiger charge is 2.36. The Morgan fingerprint density at radius 2 is 2.25 bits per heavy atom. The summed E-state index contributed by atoms with van der Waals surface area (Å²) in [6.45, 7) is 7.65. The fourth-order valence-corrected chi connectivity index (χ4v) is 2.44. The molecular weight excluding hydrogens is 200 g/mol. The Bertz CT molecular complexity index is 273. The Hall–Kier alpha value is -0.830. The summed E-state index contributed by atoms with van der Waals surface area (Å²) in [6, 6.07) is 0.536. The maximum absolute atomic E-state index is 12.3. The number of nitrogens with one attached hydrogen (secondary N) is 1. The maximum atomic E-state index is 12.3. The van der Waals surface area contributed by atoms with E-state index in [0.717, 1.165) is 13.0 Å². The fourth-order valence-electron chi connectivity index (χ4n) is 2.44. The molecule has 1 N–H and O–H groups in total. The third kappa shape index (κ3) is 2.64. The van der Waals surface area contributed by atoms with E-state index in [2.05, 4.69) is 18.8 Å². The van der Waals surface area contributed by atoms with Crippen molar-refractivity contribution in [3.8, 4) is 0 Å². The molecule has 0 bridgehead atoms. The molecule has 0 spiro atoms. The van der Waals surface area contributed by atoms with Crippen molar-refractivity contribution in [2.75, 3.05) is 13.1 Å². The summed E-state index contributed by atoms with van der Waals surface area (Å²) in [7, 11) is 0. The lowest BCUT2D eigenvalue weighted by atomic mass is 9.93. The van der Waals surface area contributed by atoms with Gasteiger partial charge in [-0.15, -0.1) is 6.58 Å². The van der Waals surface area contributed by atoms with E-state index in [1.54, 1.807) is 0 Å². The standard InChI is InChI=1S/C13H22N2O/c1-3-8-15(11-4-5-11)13(16)12-9-10(2)6-7-14-12/h3,10-12,14H,1,4-9H2,2H3. The lowest BCUT2D eigenvalue weighted by molar-refractivity contribution is -0.134. The van der Waals surface area contributed by atoms with E-state index in [1.807, 2.05) is 11.0 Å². The monoisotopic (exact) mass is 222 g/mol. The topological polar surface area (TPSA) is 32.3 Å². The van der Waals surface area contributed by atoms with Crippen molar-refractivity contribution in [2.24, 2.45) is 5.92 Å². The molecule has 1 saturated carbocycles. The van der Waals surface area contributed by atoms with E-state index in [4.69, 9.17) is 0 Å². The summed E-state index contributed by atoms with van der Waals surface area (Å²) >= 11 is 0. The van der Waals surface area contributed by atoms with Gasteiger partial charge in [-0.25, -0.2) is 0 Å². The van der Waals surface area contributed by atoms with Crippen LogP contribution in [0.2, 0.25) is 0 Å². The minimum Gasteiger partial charge on any atom is -0.335 e. The number of nitrogens with zero attached hydrogens (tertiary/aromatic N) is 1. The Labute approximate surface area is 97.9 Å². The number of hydrogen-bond donors (Lipinski definition) is 1. The quantitative estimate of drug-likeness (QED) is 0.732. The van der Waals surface area contributed by atoms with Crippen LogP contribution in [-0.2, 0) is 4.79 Å². The largest absolute Gasteiger partial charge is 0.335 e. The highest BCUT2D eigenvalue weighted by atomic mass is 16.2. The Morgan fingerprint density at radius 1 is 1.50 bits per heavy atom. The Kier molecular flexibility index (Phi) is 3.64. The summed E-state index contributed by atoms with van der Waals surface area (Å²) in [5.74, 6) is 0.953. The molecular formula is C13H22N2O. The molecule has 0 aromatic rings. The van der Waals surface area contributed by atoms with Gasteiger partial charge in [-0.1, -0.05) is 13.0 Å². The number of hydrogen-bond acceptors (Lipinski definition) is 2. The molecule has 2 aliphatic rings.